The summed E-state index contributed by atoms with van der Waals surface area (Å²) in [6.45, 7) is 3.31. The summed E-state index contributed by atoms with van der Waals surface area (Å²) in [6, 6.07) is 5.47. The molecule has 29 heavy (non-hydrogen) atoms. The van der Waals surface area contributed by atoms with E-state index in [1.807, 2.05) is 0 Å². The quantitative estimate of drug-likeness (QED) is 0.307. The monoisotopic (exact) mass is 527 g/mol. The lowest BCUT2D eigenvalue weighted by Gasteiger charge is -2.37. The molecule has 0 radical (unpaired) electrons. The lowest BCUT2D eigenvalue weighted by atomic mass is 10.2. The van der Waals surface area contributed by atoms with Crippen LogP contribution in [0.15, 0.2) is 23.2 Å². The van der Waals surface area contributed by atoms with E-state index in [4.69, 9.17) is 9.47 Å². The number of rotatable bonds is 8. The van der Waals surface area contributed by atoms with Crippen molar-refractivity contribution in [2.75, 3.05) is 53.9 Å². The molecule has 166 valence electrons. The van der Waals surface area contributed by atoms with Crippen LogP contribution in [0, 0.1) is 0 Å². The summed E-state index contributed by atoms with van der Waals surface area (Å²) >= 11 is 0. The fraction of sp³-hybridized carbons (Fsp3) is 0.632. The Morgan fingerprint density at radius 1 is 1.28 bits per heavy atom. The molecule has 1 unspecified atom stereocenters. The minimum Gasteiger partial charge on any atom is -0.490 e. The maximum absolute atomic E-state index is 12.8. The molecule has 1 saturated heterocycles. The second-order valence-corrected chi connectivity index (χ2v) is 6.76. The number of alkyl halides is 2. The van der Waals surface area contributed by atoms with Crippen molar-refractivity contribution in [2.24, 2.45) is 4.99 Å². The van der Waals surface area contributed by atoms with Gasteiger partial charge in [-0.25, -0.2) is 0 Å². The Labute approximate surface area is 188 Å². The first-order valence-corrected chi connectivity index (χ1v) is 9.47. The number of benzene rings is 1. The molecule has 0 amide bonds. The molecule has 0 saturated carbocycles. The van der Waals surface area contributed by atoms with Gasteiger partial charge in [-0.05, 0) is 27.1 Å². The number of piperazine rings is 1. The van der Waals surface area contributed by atoms with E-state index in [-0.39, 0.29) is 36.3 Å². The number of hydrogen-bond acceptors (Lipinski definition) is 5. The van der Waals surface area contributed by atoms with Gasteiger partial charge in [0.15, 0.2) is 17.5 Å². The van der Waals surface area contributed by atoms with Crippen molar-refractivity contribution < 1.29 is 18.3 Å². The number of nitrogens with zero attached hydrogens (tertiary/aromatic N) is 3. The largest absolute Gasteiger partial charge is 0.490 e. The fourth-order valence-corrected chi connectivity index (χ4v) is 3.13. The third kappa shape index (κ3) is 8.09. The van der Waals surface area contributed by atoms with E-state index < -0.39 is 6.61 Å². The Kier molecular flexibility index (Phi) is 11.5. The zero-order chi connectivity index (χ0) is 20.5. The maximum Gasteiger partial charge on any atom is 0.387 e. The Balaban J connectivity index is 0.00000420. The summed E-state index contributed by atoms with van der Waals surface area (Å²) in [5.74, 6) is 0.958. The van der Waals surface area contributed by atoms with Crippen LogP contribution in [0.1, 0.15) is 12.5 Å². The number of hydrogen-bond donors (Lipinski definition) is 2. The first-order valence-electron chi connectivity index (χ1n) is 9.47. The van der Waals surface area contributed by atoms with E-state index in [1.54, 1.807) is 32.2 Å². The molecule has 7 nitrogen and oxygen atoms in total. The highest BCUT2D eigenvalue weighted by atomic mass is 127. The average molecular weight is 527 g/mol. The van der Waals surface area contributed by atoms with Crippen LogP contribution in [-0.2, 0) is 6.54 Å². The molecule has 0 aromatic heterocycles. The van der Waals surface area contributed by atoms with Crippen molar-refractivity contribution in [1.82, 2.24) is 20.4 Å². The molecule has 1 atom stereocenters. The van der Waals surface area contributed by atoms with Gasteiger partial charge in [0.05, 0.1) is 6.61 Å². The Hall–Kier alpha value is -1.40. The number of likely N-dealkylation sites (N-methyl/N-ethyl adjacent to an activating group) is 2. The van der Waals surface area contributed by atoms with Crippen LogP contribution in [0.3, 0.4) is 0 Å². The van der Waals surface area contributed by atoms with Gasteiger partial charge in [0.2, 0.25) is 0 Å². The molecule has 1 aliphatic rings. The molecule has 1 aromatic rings. The summed E-state index contributed by atoms with van der Waals surface area (Å²) in [7, 11) is 5.91. The van der Waals surface area contributed by atoms with Crippen molar-refractivity contribution in [3.63, 3.8) is 0 Å². The van der Waals surface area contributed by atoms with E-state index in [1.165, 1.54) is 0 Å². The zero-order valence-corrected chi connectivity index (χ0v) is 19.8. The van der Waals surface area contributed by atoms with Crippen LogP contribution in [0.5, 0.6) is 11.5 Å². The van der Waals surface area contributed by atoms with Gasteiger partial charge < -0.3 is 25.0 Å². The Morgan fingerprint density at radius 2 is 2.03 bits per heavy atom. The summed E-state index contributed by atoms with van der Waals surface area (Å²) in [6.07, 6.45) is 0. The summed E-state index contributed by atoms with van der Waals surface area (Å²) in [4.78, 5) is 8.84. The predicted molar refractivity (Wildman–Crippen MR) is 122 cm³/mol. The van der Waals surface area contributed by atoms with E-state index in [0.29, 0.717) is 29.9 Å². The number of guanidine groups is 1. The fourth-order valence-electron chi connectivity index (χ4n) is 3.13. The molecule has 10 heteroatoms. The van der Waals surface area contributed by atoms with E-state index in [9.17, 15) is 8.78 Å². The van der Waals surface area contributed by atoms with Gasteiger partial charge in [0, 0.05) is 51.4 Å². The van der Waals surface area contributed by atoms with Gasteiger partial charge in [0.25, 0.3) is 0 Å². The van der Waals surface area contributed by atoms with Gasteiger partial charge in [-0.1, -0.05) is 12.1 Å². The van der Waals surface area contributed by atoms with Crippen molar-refractivity contribution in [1.29, 1.82) is 0 Å². The van der Waals surface area contributed by atoms with Crippen LogP contribution in [0.2, 0.25) is 0 Å². The SMILES string of the molecule is CCOc1cccc(CNC(=NC)NCC2CN(C)CCN2C)c1OC(F)F.I. The summed E-state index contributed by atoms with van der Waals surface area (Å²) in [5.41, 5.74) is 0.573. The lowest BCUT2D eigenvalue weighted by molar-refractivity contribution is -0.0520. The highest BCUT2D eigenvalue weighted by molar-refractivity contribution is 14.0. The molecule has 1 aliphatic heterocycles. The van der Waals surface area contributed by atoms with E-state index in [2.05, 4.69) is 39.5 Å². The normalized spacial score (nSPS) is 18.3. The van der Waals surface area contributed by atoms with E-state index in [0.717, 1.165) is 26.2 Å². The number of ether oxygens (including phenoxy) is 2. The van der Waals surface area contributed by atoms with Crippen molar-refractivity contribution in [3.8, 4) is 11.5 Å². The third-order valence-corrected chi connectivity index (χ3v) is 4.72. The smallest absolute Gasteiger partial charge is 0.387 e. The van der Waals surface area contributed by atoms with Gasteiger partial charge in [-0.2, -0.15) is 8.78 Å². The first-order chi connectivity index (χ1) is 13.4. The maximum atomic E-state index is 12.8. The van der Waals surface area contributed by atoms with Crippen LogP contribution < -0.4 is 20.1 Å². The standard InChI is InChI=1S/C19H31F2N5O2.HI/c1-5-27-16-8-6-7-14(17(16)28-18(20)21)11-23-19(22-2)24-12-15-13-25(3)9-10-26(15)4;/h6-8,15,18H,5,9-13H2,1-4H3,(H2,22,23,24);1H. The first kappa shape index (κ1) is 25.6. The topological polar surface area (TPSA) is 61.4 Å². The summed E-state index contributed by atoms with van der Waals surface area (Å²) < 4.78 is 35.8. The number of nitrogens with one attached hydrogen (secondary N) is 2. The number of aliphatic imine (C=N–C) groups is 1. The van der Waals surface area contributed by atoms with Crippen molar-refractivity contribution >= 4 is 29.9 Å². The van der Waals surface area contributed by atoms with Gasteiger partial charge in [0.1, 0.15) is 0 Å². The van der Waals surface area contributed by atoms with Crippen molar-refractivity contribution in [3.05, 3.63) is 23.8 Å². The molecule has 0 spiro atoms. The highest BCUT2D eigenvalue weighted by Gasteiger charge is 2.22. The molecule has 0 bridgehead atoms. The van der Waals surface area contributed by atoms with Crippen molar-refractivity contribution in [2.45, 2.75) is 26.1 Å². The summed E-state index contributed by atoms with van der Waals surface area (Å²) in [5, 5.41) is 6.47. The van der Waals surface area contributed by atoms with Crippen LogP contribution in [0.25, 0.3) is 0 Å². The van der Waals surface area contributed by atoms with Gasteiger partial charge in [-0.15, -0.1) is 24.0 Å². The highest BCUT2D eigenvalue weighted by Crippen LogP contribution is 2.32. The molecular formula is C19H32F2IN5O2. The lowest BCUT2D eigenvalue weighted by Crippen LogP contribution is -2.55. The van der Waals surface area contributed by atoms with Crippen LogP contribution >= 0.6 is 24.0 Å². The molecule has 1 aromatic carbocycles. The second-order valence-electron chi connectivity index (χ2n) is 6.76. The van der Waals surface area contributed by atoms with Crippen LogP contribution in [-0.4, -0.2) is 82.3 Å². The predicted octanol–water partition coefficient (Wildman–Crippen LogP) is 2.22. The molecule has 2 rings (SSSR count). The molecule has 0 aliphatic carbocycles. The van der Waals surface area contributed by atoms with Crippen LogP contribution in [0.4, 0.5) is 8.78 Å². The second kappa shape index (κ2) is 13.0. The average Bonchev–Trinajstić information content (AvgIpc) is 2.66. The van der Waals surface area contributed by atoms with E-state index >= 15 is 0 Å². The minimum atomic E-state index is -2.92. The Morgan fingerprint density at radius 3 is 2.69 bits per heavy atom. The zero-order valence-electron chi connectivity index (χ0n) is 17.5. The van der Waals surface area contributed by atoms with Gasteiger partial charge >= 0.3 is 6.61 Å². The van der Waals surface area contributed by atoms with Gasteiger partial charge in [-0.3, -0.25) is 9.89 Å². The molecule has 1 heterocycles. The number of halogens is 3. The number of para-hydroxylation sites is 1. The molecule has 1 fully saturated rings. The molecule has 2 N–H and O–H groups in total. The molecular weight excluding hydrogens is 495 g/mol. The minimum absolute atomic E-state index is 0. The Bertz CT molecular complexity index is 651. The third-order valence-electron chi connectivity index (χ3n) is 4.72.